The van der Waals surface area contributed by atoms with Crippen LogP contribution in [0.25, 0.3) is 0 Å². The molecule has 6 heteroatoms. The van der Waals surface area contributed by atoms with Crippen LogP contribution in [0.2, 0.25) is 0 Å². The third-order valence-corrected chi connectivity index (χ3v) is 6.46. The monoisotopic (exact) mass is 473 g/mol. The van der Waals surface area contributed by atoms with Crippen molar-refractivity contribution in [2.75, 3.05) is 39.3 Å². The van der Waals surface area contributed by atoms with Gasteiger partial charge in [0.05, 0.1) is 0 Å². The van der Waals surface area contributed by atoms with Gasteiger partial charge in [0.15, 0.2) is 0 Å². The van der Waals surface area contributed by atoms with Gasteiger partial charge >= 0.3 is 6.09 Å². The second-order valence-electron chi connectivity index (χ2n) is 10.6. The lowest BCUT2D eigenvalue weighted by molar-refractivity contribution is -0.130. The van der Waals surface area contributed by atoms with Gasteiger partial charge in [0.1, 0.15) is 5.60 Å². The summed E-state index contributed by atoms with van der Waals surface area (Å²) >= 11 is 0. The number of amides is 2. The predicted octanol–water partition coefficient (Wildman–Crippen LogP) is 5.14. The van der Waals surface area contributed by atoms with Crippen LogP contribution in [-0.4, -0.2) is 77.6 Å². The van der Waals surface area contributed by atoms with E-state index < -0.39 is 5.60 Å². The summed E-state index contributed by atoms with van der Waals surface area (Å²) in [5, 5.41) is 0. The minimum Gasteiger partial charge on any atom is -0.444 e. The van der Waals surface area contributed by atoms with Gasteiger partial charge in [-0.05, 0) is 84.0 Å². The Morgan fingerprint density at radius 2 is 1.71 bits per heavy atom. The third kappa shape index (κ3) is 9.65. The molecule has 2 rings (SSSR count). The summed E-state index contributed by atoms with van der Waals surface area (Å²) in [7, 11) is 0. The van der Waals surface area contributed by atoms with Crippen LogP contribution >= 0.6 is 0 Å². The summed E-state index contributed by atoms with van der Waals surface area (Å²) < 4.78 is 5.48. The first-order chi connectivity index (χ1) is 16.1. The number of nitrogens with zero attached hydrogens (tertiary/aromatic N) is 3. The Hall–Kier alpha value is -2.08. The maximum atomic E-state index is 12.6. The molecular weight excluding hydrogens is 426 g/mol. The molecule has 1 fully saturated rings. The van der Waals surface area contributed by atoms with Crippen molar-refractivity contribution in [2.45, 2.75) is 91.7 Å². The zero-order valence-corrected chi connectivity index (χ0v) is 22.4. The van der Waals surface area contributed by atoms with Crippen LogP contribution in [-0.2, 0) is 22.4 Å². The normalized spacial score (nSPS) is 16.0. The number of aryl methyl sites for hydroxylation is 1. The Kier molecular flexibility index (Phi) is 11.4. The molecule has 34 heavy (non-hydrogen) atoms. The Labute approximate surface area is 207 Å². The molecule has 1 aromatic carbocycles. The highest BCUT2D eigenvalue weighted by molar-refractivity contribution is 5.78. The second-order valence-corrected chi connectivity index (χ2v) is 10.6. The summed E-state index contributed by atoms with van der Waals surface area (Å²) in [4.78, 5) is 31.1. The van der Waals surface area contributed by atoms with E-state index in [2.05, 4.69) is 49.9 Å². The SMILES string of the molecule is CCCN(CCCCN1CCN(C(=O)OC(C)(C)C)CCC1=O)C(C)Cc1ccc(CC)cc1. The van der Waals surface area contributed by atoms with Gasteiger partial charge in [0.25, 0.3) is 0 Å². The van der Waals surface area contributed by atoms with Crippen molar-refractivity contribution >= 4 is 12.0 Å². The molecule has 0 aromatic heterocycles. The maximum absolute atomic E-state index is 12.6. The van der Waals surface area contributed by atoms with Crippen molar-refractivity contribution in [3.05, 3.63) is 35.4 Å². The molecule has 192 valence electrons. The molecule has 1 heterocycles. The molecule has 1 saturated heterocycles. The Balaban J connectivity index is 1.78. The van der Waals surface area contributed by atoms with E-state index in [0.29, 0.717) is 32.1 Å². The van der Waals surface area contributed by atoms with Gasteiger partial charge in [-0.3, -0.25) is 4.79 Å². The number of unbranched alkanes of at least 4 members (excludes halogenated alkanes) is 1. The number of carbonyl (C=O) groups excluding carboxylic acids is 2. The summed E-state index contributed by atoms with van der Waals surface area (Å²) in [6.07, 6.45) is 5.38. The minimum absolute atomic E-state index is 0.139. The Bertz CT molecular complexity index is 757. The van der Waals surface area contributed by atoms with Crippen LogP contribution < -0.4 is 0 Å². The number of hydrogen-bond acceptors (Lipinski definition) is 4. The van der Waals surface area contributed by atoms with Gasteiger partial charge in [0.2, 0.25) is 5.91 Å². The van der Waals surface area contributed by atoms with E-state index in [-0.39, 0.29) is 12.0 Å². The first kappa shape index (κ1) is 28.2. The average Bonchev–Trinajstić information content (AvgIpc) is 2.96. The lowest BCUT2D eigenvalue weighted by atomic mass is 10.0. The Morgan fingerprint density at radius 3 is 2.32 bits per heavy atom. The standard InChI is InChI=1S/C28H47N3O3/c1-7-16-29(23(3)22-25-13-11-24(8-2)12-14-25)17-9-10-18-30-20-21-31(19-15-26(30)32)27(33)34-28(4,5)6/h11-14,23H,7-10,15-22H2,1-6H3. The van der Waals surface area contributed by atoms with Gasteiger partial charge < -0.3 is 19.4 Å². The Morgan fingerprint density at radius 1 is 1.03 bits per heavy atom. The first-order valence-electron chi connectivity index (χ1n) is 13.2. The molecule has 0 aliphatic carbocycles. The molecule has 1 aliphatic heterocycles. The summed E-state index contributed by atoms with van der Waals surface area (Å²) in [6.45, 7) is 16.8. The van der Waals surface area contributed by atoms with E-state index in [4.69, 9.17) is 4.74 Å². The average molecular weight is 474 g/mol. The third-order valence-electron chi connectivity index (χ3n) is 6.46. The van der Waals surface area contributed by atoms with Gasteiger partial charge in [-0.2, -0.15) is 0 Å². The molecule has 0 spiro atoms. The lowest BCUT2D eigenvalue weighted by Gasteiger charge is -2.29. The van der Waals surface area contributed by atoms with Crippen LogP contribution in [0, 0.1) is 0 Å². The molecule has 0 radical (unpaired) electrons. The zero-order valence-electron chi connectivity index (χ0n) is 22.4. The summed E-state index contributed by atoms with van der Waals surface area (Å²) in [5.74, 6) is 0.139. The fraction of sp³-hybridized carbons (Fsp3) is 0.714. The number of ether oxygens (including phenoxy) is 1. The van der Waals surface area contributed by atoms with Gasteiger partial charge in [0, 0.05) is 38.6 Å². The first-order valence-corrected chi connectivity index (χ1v) is 13.2. The fourth-order valence-corrected chi connectivity index (χ4v) is 4.45. The van der Waals surface area contributed by atoms with Gasteiger partial charge in [-0.15, -0.1) is 0 Å². The zero-order chi connectivity index (χ0) is 25.1. The molecule has 6 nitrogen and oxygen atoms in total. The van der Waals surface area contributed by atoms with Crippen LogP contribution in [0.5, 0.6) is 0 Å². The van der Waals surface area contributed by atoms with E-state index in [9.17, 15) is 9.59 Å². The molecule has 0 saturated carbocycles. The summed E-state index contributed by atoms with van der Waals surface area (Å²) in [6, 6.07) is 9.52. The number of rotatable bonds is 11. The maximum Gasteiger partial charge on any atom is 0.410 e. The van der Waals surface area contributed by atoms with Gasteiger partial charge in [-0.25, -0.2) is 4.79 Å². The number of benzene rings is 1. The molecule has 1 atom stereocenters. The fourth-order valence-electron chi connectivity index (χ4n) is 4.45. The molecule has 0 N–H and O–H groups in total. The van der Waals surface area contributed by atoms with E-state index >= 15 is 0 Å². The van der Waals surface area contributed by atoms with Crippen molar-refractivity contribution in [3.63, 3.8) is 0 Å². The van der Waals surface area contributed by atoms with E-state index in [1.165, 1.54) is 11.1 Å². The van der Waals surface area contributed by atoms with Crippen molar-refractivity contribution in [1.29, 1.82) is 0 Å². The quantitative estimate of drug-likeness (QED) is 0.418. The molecule has 1 aromatic rings. The molecular formula is C28H47N3O3. The second kappa shape index (κ2) is 13.7. The number of carbonyl (C=O) groups is 2. The highest BCUT2D eigenvalue weighted by atomic mass is 16.6. The van der Waals surface area contributed by atoms with Gasteiger partial charge in [-0.1, -0.05) is 38.1 Å². The highest BCUT2D eigenvalue weighted by Crippen LogP contribution is 2.15. The predicted molar refractivity (Wildman–Crippen MR) is 139 cm³/mol. The smallest absolute Gasteiger partial charge is 0.410 e. The topological polar surface area (TPSA) is 53.1 Å². The van der Waals surface area contributed by atoms with Crippen LogP contribution in [0.1, 0.15) is 78.4 Å². The minimum atomic E-state index is -0.520. The molecule has 2 amide bonds. The van der Waals surface area contributed by atoms with E-state index in [1.807, 2.05) is 25.7 Å². The number of hydrogen-bond donors (Lipinski definition) is 0. The van der Waals surface area contributed by atoms with E-state index in [0.717, 1.165) is 51.7 Å². The largest absolute Gasteiger partial charge is 0.444 e. The highest BCUT2D eigenvalue weighted by Gasteiger charge is 2.27. The van der Waals surface area contributed by atoms with E-state index in [1.54, 1.807) is 4.90 Å². The van der Waals surface area contributed by atoms with Crippen LogP contribution in [0.4, 0.5) is 4.79 Å². The molecule has 1 unspecified atom stereocenters. The van der Waals surface area contributed by atoms with Crippen LogP contribution in [0.3, 0.4) is 0 Å². The van der Waals surface area contributed by atoms with Crippen molar-refractivity contribution in [2.24, 2.45) is 0 Å². The molecule has 1 aliphatic rings. The van der Waals surface area contributed by atoms with Crippen LogP contribution in [0.15, 0.2) is 24.3 Å². The molecule has 0 bridgehead atoms. The van der Waals surface area contributed by atoms with Crippen molar-refractivity contribution in [1.82, 2.24) is 14.7 Å². The van der Waals surface area contributed by atoms with Crippen molar-refractivity contribution in [3.8, 4) is 0 Å². The lowest BCUT2D eigenvalue weighted by Crippen LogP contribution is -2.39. The summed E-state index contributed by atoms with van der Waals surface area (Å²) in [5.41, 5.74) is 2.27. The van der Waals surface area contributed by atoms with Crippen molar-refractivity contribution < 1.29 is 14.3 Å².